The van der Waals surface area contributed by atoms with Crippen molar-refractivity contribution in [3.8, 4) is 0 Å². The largest absolute Gasteiger partial charge is 0.478 e. The van der Waals surface area contributed by atoms with E-state index in [1.54, 1.807) is 13.8 Å². The number of carboxylic acid groups (broad SMARTS) is 1. The number of aromatic carboxylic acids is 1. The van der Waals surface area contributed by atoms with Crippen molar-refractivity contribution in [2.45, 2.75) is 38.1 Å². The topological polar surface area (TPSA) is 74.7 Å². The second kappa shape index (κ2) is 6.32. The van der Waals surface area contributed by atoms with E-state index in [4.69, 9.17) is 5.11 Å². The molecule has 7 heteroatoms. The first-order chi connectivity index (χ1) is 9.25. The molecule has 0 amide bonds. The number of hydrogen-bond acceptors (Lipinski definition) is 3. The molecule has 0 saturated carbocycles. The monoisotopic (exact) mass is 303 g/mol. The summed E-state index contributed by atoms with van der Waals surface area (Å²) in [4.78, 5) is 10.6. The lowest BCUT2D eigenvalue weighted by Gasteiger charge is -2.26. The molecule has 20 heavy (non-hydrogen) atoms. The second-order valence-corrected chi connectivity index (χ2v) is 6.27. The van der Waals surface area contributed by atoms with Crippen molar-refractivity contribution in [2.75, 3.05) is 6.54 Å². The van der Waals surface area contributed by atoms with E-state index in [0.717, 1.165) is 18.2 Å². The van der Waals surface area contributed by atoms with E-state index in [2.05, 4.69) is 0 Å². The Morgan fingerprint density at radius 1 is 1.40 bits per heavy atom. The minimum Gasteiger partial charge on any atom is -0.478 e. The molecule has 1 unspecified atom stereocenters. The van der Waals surface area contributed by atoms with Crippen LogP contribution in [-0.2, 0) is 10.0 Å². The highest BCUT2D eigenvalue weighted by Crippen LogP contribution is 2.24. The Bertz CT molecular complexity index is 600. The lowest BCUT2D eigenvalue weighted by Crippen LogP contribution is -2.38. The summed E-state index contributed by atoms with van der Waals surface area (Å²) in [6.07, 6.45) is 0.574. The molecule has 0 aliphatic heterocycles. The molecule has 1 atom stereocenters. The fourth-order valence-corrected chi connectivity index (χ4v) is 3.84. The fourth-order valence-electron chi connectivity index (χ4n) is 1.93. The second-order valence-electron chi connectivity index (χ2n) is 4.41. The molecular weight excluding hydrogens is 285 g/mol. The maximum Gasteiger partial charge on any atom is 0.337 e. The maximum absolute atomic E-state index is 13.3. The summed E-state index contributed by atoms with van der Waals surface area (Å²) in [7, 11) is -4.05. The first-order valence-electron chi connectivity index (χ1n) is 6.30. The van der Waals surface area contributed by atoms with Crippen molar-refractivity contribution in [3.63, 3.8) is 0 Å². The number of benzene rings is 1. The van der Waals surface area contributed by atoms with Gasteiger partial charge < -0.3 is 5.11 Å². The van der Waals surface area contributed by atoms with Crippen molar-refractivity contribution in [1.82, 2.24) is 4.31 Å². The Hall–Kier alpha value is -1.47. The molecular formula is C13H18FNO4S. The third kappa shape index (κ3) is 3.16. The van der Waals surface area contributed by atoms with Gasteiger partial charge >= 0.3 is 5.97 Å². The third-order valence-corrected chi connectivity index (χ3v) is 5.28. The van der Waals surface area contributed by atoms with Crippen molar-refractivity contribution in [3.05, 3.63) is 29.6 Å². The summed E-state index contributed by atoms with van der Waals surface area (Å²) in [5.74, 6) is -2.18. The van der Waals surface area contributed by atoms with E-state index >= 15 is 0 Å². The molecule has 0 heterocycles. The summed E-state index contributed by atoms with van der Waals surface area (Å²) < 4.78 is 39.6. The average molecular weight is 303 g/mol. The van der Waals surface area contributed by atoms with E-state index in [-0.39, 0.29) is 12.6 Å². The number of halogens is 1. The van der Waals surface area contributed by atoms with Crippen LogP contribution in [0.5, 0.6) is 0 Å². The predicted molar refractivity (Wildman–Crippen MR) is 72.7 cm³/mol. The molecule has 5 nitrogen and oxygen atoms in total. The zero-order chi connectivity index (χ0) is 15.5. The quantitative estimate of drug-likeness (QED) is 0.875. The zero-order valence-electron chi connectivity index (χ0n) is 11.6. The molecule has 0 aliphatic rings. The van der Waals surface area contributed by atoms with Gasteiger partial charge in [0, 0.05) is 12.6 Å². The predicted octanol–water partition coefficient (Wildman–Crippen LogP) is 2.33. The summed E-state index contributed by atoms with van der Waals surface area (Å²) in [6.45, 7) is 5.39. The Labute approximate surface area is 118 Å². The van der Waals surface area contributed by atoms with E-state index < -0.39 is 32.3 Å². The van der Waals surface area contributed by atoms with Crippen LogP contribution >= 0.6 is 0 Å². The maximum atomic E-state index is 13.3. The van der Waals surface area contributed by atoms with Crippen LogP contribution in [-0.4, -0.2) is 36.4 Å². The van der Waals surface area contributed by atoms with Crippen LogP contribution in [0.1, 0.15) is 37.6 Å². The lowest BCUT2D eigenvalue weighted by molar-refractivity contribution is 0.0692. The van der Waals surface area contributed by atoms with Crippen LogP contribution in [0.4, 0.5) is 4.39 Å². The molecule has 0 aliphatic carbocycles. The van der Waals surface area contributed by atoms with Gasteiger partial charge in [-0.15, -0.1) is 0 Å². The summed E-state index contributed by atoms with van der Waals surface area (Å²) in [5, 5.41) is 9.06. The first kappa shape index (κ1) is 16.6. The van der Waals surface area contributed by atoms with Gasteiger partial charge in [-0.1, -0.05) is 13.8 Å². The number of hydrogen-bond donors (Lipinski definition) is 1. The fraction of sp³-hybridized carbons (Fsp3) is 0.462. The number of rotatable bonds is 6. The van der Waals surface area contributed by atoms with Gasteiger partial charge in [0.2, 0.25) is 10.0 Å². The molecule has 0 spiro atoms. The van der Waals surface area contributed by atoms with Gasteiger partial charge in [-0.25, -0.2) is 17.6 Å². The molecule has 0 bridgehead atoms. The average Bonchev–Trinajstić information content (AvgIpc) is 2.38. The van der Waals surface area contributed by atoms with Crippen LogP contribution < -0.4 is 0 Å². The van der Waals surface area contributed by atoms with E-state index in [9.17, 15) is 17.6 Å². The zero-order valence-corrected chi connectivity index (χ0v) is 12.4. The van der Waals surface area contributed by atoms with Crippen LogP contribution in [0.2, 0.25) is 0 Å². The number of nitrogens with zero attached hydrogens (tertiary/aromatic N) is 1. The number of carboxylic acids is 1. The molecule has 112 valence electrons. The Balaban J connectivity index is 3.48. The van der Waals surface area contributed by atoms with Gasteiger partial charge in [0.05, 0.1) is 10.5 Å². The van der Waals surface area contributed by atoms with Gasteiger partial charge in [-0.05, 0) is 31.5 Å². The van der Waals surface area contributed by atoms with Crippen LogP contribution in [0.25, 0.3) is 0 Å². The normalized spacial score (nSPS) is 13.4. The standard InChI is InChI=1S/C13H18FNO4S/c1-4-9(3)15(5-2)20(18,19)12-8-10(14)6-7-11(12)13(16)17/h6-9H,4-5H2,1-3H3,(H,16,17). The summed E-state index contributed by atoms with van der Waals surface area (Å²) in [6, 6.07) is 2.36. The van der Waals surface area contributed by atoms with Crippen LogP contribution in [0, 0.1) is 5.82 Å². The van der Waals surface area contributed by atoms with Crippen molar-refractivity contribution >= 4 is 16.0 Å². The Morgan fingerprint density at radius 2 is 2.00 bits per heavy atom. The third-order valence-electron chi connectivity index (χ3n) is 3.15. The van der Waals surface area contributed by atoms with Gasteiger partial charge in [0.1, 0.15) is 5.82 Å². The molecule has 0 radical (unpaired) electrons. The molecule has 1 aromatic carbocycles. The summed E-state index contributed by atoms with van der Waals surface area (Å²) >= 11 is 0. The van der Waals surface area contributed by atoms with Crippen molar-refractivity contribution in [2.24, 2.45) is 0 Å². The minimum absolute atomic E-state index is 0.187. The van der Waals surface area contributed by atoms with E-state index in [1.165, 1.54) is 4.31 Å². The highest BCUT2D eigenvalue weighted by atomic mass is 32.2. The SMILES string of the molecule is CCC(C)N(CC)S(=O)(=O)c1cc(F)ccc1C(=O)O. The smallest absolute Gasteiger partial charge is 0.337 e. The molecule has 1 N–H and O–H groups in total. The van der Waals surface area contributed by atoms with Gasteiger partial charge in [0.15, 0.2) is 0 Å². The molecule has 0 aromatic heterocycles. The molecule has 1 rings (SSSR count). The number of carbonyl (C=O) groups is 1. The van der Waals surface area contributed by atoms with Crippen molar-refractivity contribution in [1.29, 1.82) is 0 Å². The van der Waals surface area contributed by atoms with Crippen molar-refractivity contribution < 1.29 is 22.7 Å². The van der Waals surface area contributed by atoms with Gasteiger partial charge in [0.25, 0.3) is 0 Å². The molecule has 0 saturated heterocycles. The Morgan fingerprint density at radius 3 is 2.45 bits per heavy atom. The lowest BCUT2D eigenvalue weighted by atomic mass is 10.2. The number of sulfonamides is 1. The highest BCUT2D eigenvalue weighted by Gasteiger charge is 2.31. The van der Waals surface area contributed by atoms with Crippen LogP contribution in [0.15, 0.2) is 23.1 Å². The Kier molecular flexibility index (Phi) is 5.24. The molecule has 0 fully saturated rings. The highest BCUT2D eigenvalue weighted by molar-refractivity contribution is 7.89. The van der Waals surface area contributed by atoms with Gasteiger partial charge in [-0.2, -0.15) is 4.31 Å². The van der Waals surface area contributed by atoms with Crippen LogP contribution in [0.3, 0.4) is 0 Å². The van der Waals surface area contributed by atoms with Gasteiger partial charge in [-0.3, -0.25) is 0 Å². The van der Waals surface area contributed by atoms with E-state index in [0.29, 0.717) is 6.42 Å². The minimum atomic E-state index is -4.05. The molecule has 1 aromatic rings. The summed E-state index contributed by atoms with van der Waals surface area (Å²) in [5.41, 5.74) is -0.423. The first-order valence-corrected chi connectivity index (χ1v) is 7.74. The van der Waals surface area contributed by atoms with E-state index in [1.807, 2.05) is 6.92 Å².